The second-order valence-corrected chi connectivity index (χ2v) is 8.41. The Bertz CT molecular complexity index is 917. The molecule has 0 radical (unpaired) electrons. The Balaban J connectivity index is 1.64. The van der Waals surface area contributed by atoms with E-state index in [1.165, 1.54) is 16.0 Å². The van der Waals surface area contributed by atoms with Crippen molar-refractivity contribution in [3.05, 3.63) is 56.7 Å². The second-order valence-electron chi connectivity index (χ2n) is 6.08. The Morgan fingerprint density at radius 2 is 2.17 bits per heavy atom. The van der Waals surface area contributed by atoms with Gasteiger partial charge in [-0.05, 0) is 11.3 Å². The molecule has 0 bridgehead atoms. The Labute approximate surface area is 148 Å². The highest BCUT2D eigenvalue weighted by atomic mass is 32.2. The predicted molar refractivity (Wildman–Crippen MR) is 100 cm³/mol. The number of aromatic amines is 1. The molecule has 3 aromatic rings. The first kappa shape index (κ1) is 15.9. The van der Waals surface area contributed by atoms with Crippen LogP contribution in [0.25, 0.3) is 10.2 Å². The fourth-order valence-corrected chi connectivity index (χ4v) is 5.30. The molecule has 2 N–H and O–H groups in total. The van der Waals surface area contributed by atoms with Crippen LogP contribution in [0.5, 0.6) is 0 Å². The summed E-state index contributed by atoms with van der Waals surface area (Å²) < 4.78 is 0. The van der Waals surface area contributed by atoms with Crippen LogP contribution in [0.1, 0.15) is 22.9 Å². The number of fused-ring (bicyclic) bond motifs is 3. The maximum atomic E-state index is 12.5. The SMILES string of the molecule is CCSc1nc2sc3c(c2c(=O)[nH]1)CC[NH+](Cc1ccccc1)C3. The van der Waals surface area contributed by atoms with Crippen LogP contribution in [0.2, 0.25) is 0 Å². The third kappa shape index (κ3) is 3.01. The number of hydrogen-bond donors (Lipinski definition) is 2. The predicted octanol–water partition coefficient (Wildman–Crippen LogP) is 2.24. The van der Waals surface area contributed by atoms with Gasteiger partial charge in [0.25, 0.3) is 5.56 Å². The molecule has 1 aromatic carbocycles. The first-order valence-electron chi connectivity index (χ1n) is 8.29. The van der Waals surface area contributed by atoms with Crippen molar-refractivity contribution in [2.75, 3.05) is 12.3 Å². The lowest BCUT2D eigenvalue weighted by molar-refractivity contribution is -0.929. The number of quaternary nitrogens is 1. The van der Waals surface area contributed by atoms with Gasteiger partial charge >= 0.3 is 0 Å². The zero-order chi connectivity index (χ0) is 16.5. The van der Waals surface area contributed by atoms with Crippen molar-refractivity contribution in [3.63, 3.8) is 0 Å². The Morgan fingerprint density at radius 1 is 1.33 bits per heavy atom. The average molecular weight is 359 g/mol. The largest absolute Gasteiger partial charge is 0.326 e. The molecule has 24 heavy (non-hydrogen) atoms. The Hall–Kier alpha value is -1.63. The number of nitrogens with zero attached hydrogens (tertiary/aromatic N) is 1. The van der Waals surface area contributed by atoms with E-state index in [0.29, 0.717) is 0 Å². The van der Waals surface area contributed by atoms with Gasteiger partial charge in [0.2, 0.25) is 0 Å². The maximum absolute atomic E-state index is 12.5. The number of thiophene rings is 1. The van der Waals surface area contributed by atoms with Crippen LogP contribution in [0.15, 0.2) is 40.3 Å². The van der Waals surface area contributed by atoms with Gasteiger partial charge in [-0.25, -0.2) is 4.98 Å². The first-order chi connectivity index (χ1) is 11.7. The Kier molecular flexibility index (Phi) is 4.43. The van der Waals surface area contributed by atoms with Gasteiger partial charge in [-0.3, -0.25) is 4.79 Å². The molecule has 2 aromatic heterocycles. The number of rotatable bonds is 4. The average Bonchev–Trinajstić information content (AvgIpc) is 2.94. The smallest absolute Gasteiger partial charge is 0.260 e. The van der Waals surface area contributed by atoms with Crippen molar-refractivity contribution in [1.29, 1.82) is 0 Å². The first-order valence-corrected chi connectivity index (χ1v) is 10.1. The molecule has 6 heteroatoms. The number of thioether (sulfide) groups is 1. The minimum Gasteiger partial charge on any atom is -0.326 e. The summed E-state index contributed by atoms with van der Waals surface area (Å²) in [6.45, 7) is 5.16. The van der Waals surface area contributed by atoms with Crippen molar-refractivity contribution in [2.45, 2.75) is 31.6 Å². The second kappa shape index (κ2) is 6.70. The van der Waals surface area contributed by atoms with Crippen LogP contribution in [0, 0.1) is 0 Å². The molecule has 0 fully saturated rings. The minimum atomic E-state index is 0.0277. The normalized spacial score (nSPS) is 17.1. The van der Waals surface area contributed by atoms with Gasteiger partial charge in [0.15, 0.2) is 5.16 Å². The number of aromatic nitrogens is 2. The van der Waals surface area contributed by atoms with E-state index in [9.17, 15) is 4.79 Å². The standard InChI is InChI=1S/C18H19N3OS2/c1-2-23-18-19-16(22)15-13-8-9-21(10-12-6-4-3-5-7-12)11-14(13)24-17(15)20-18/h3-7H,2,8-11H2,1H3,(H,19,20,22)/p+1. The van der Waals surface area contributed by atoms with Crippen molar-refractivity contribution in [3.8, 4) is 0 Å². The highest BCUT2D eigenvalue weighted by Gasteiger charge is 2.26. The van der Waals surface area contributed by atoms with Crippen LogP contribution in [0.3, 0.4) is 0 Å². The van der Waals surface area contributed by atoms with E-state index in [1.807, 2.05) is 0 Å². The van der Waals surface area contributed by atoms with Gasteiger partial charge in [0.1, 0.15) is 17.9 Å². The summed E-state index contributed by atoms with van der Waals surface area (Å²) >= 11 is 3.29. The molecular weight excluding hydrogens is 338 g/mol. The number of H-pyrrole nitrogens is 1. The number of benzene rings is 1. The molecule has 1 aliphatic heterocycles. The summed E-state index contributed by atoms with van der Waals surface area (Å²) in [5, 5.41) is 1.57. The van der Waals surface area contributed by atoms with Crippen LogP contribution in [-0.4, -0.2) is 22.3 Å². The number of hydrogen-bond acceptors (Lipinski definition) is 4. The zero-order valence-corrected chi connectivity index (χ0v) is 15.2. The van der Waals surface area contributed by atoms with Crippen molar-refractivity contribution in [2.24, 2.45) is 0 Å². The molecule has 0 saturated carbocycles. The number of nitrogens with one attached hydrogen (secondary N) is 2. The molecule has 1 aliphatic rings. The fraction of sp³-hybridized carbons (Fsp3) is 0.333. The third-order valence-electron chi connectivity index (χ3n) is 4.44. The molecule has 1 unspecified atom stereocenters. The fourth-order valence-electron chi connectivity index (χ4n) is 3.36. The van der Waals surface area contributed by atoms with Crippen LogP contribution in [0.4, 0.5) is 0 Å². The van der Waals surface area contributed by atoms with Crippen LogP contribution < -0.4 is 10.5 Å². The van der Waals surface area contributed by atoms with E-state index in [4.69, 9.17) is 0 Å². The monoisotopic (exact) mass is 358 g/mol. The molecule has 0 saturated heterocycles. The summed E-state index contributed by atoms with van der Waals surface area (Å²) in [6.07, 6.45) is 0.961. The van der Waals surface area contributed by atoms with Gasteiger partial charge in [-0.15, -0.1) is 11.3 Å². The van der Waals surface area contributed by atoms with Crippen LogP contribution in [-0.2, 0) is 19.5 Å². The molecule has 0 aliphatic carbocycles. The molecule has 4 rings (SSSR count). The zero-order valence-electron chi connectivity index (χ0n) is 13.6. The van der Waals surface area contributed by atoms with Crippen molar-refractivity contribution in [1.82, 2.24) is 9.97 Å². The highest BCUT2D eigenvalue weighted by Crippen LogP contribution is 2.30. The molecule has 0 spiro atoms. The van der Waals surface area contributed by atoms with Gasteiger partial charge in [-0.2, -0.15) is 0 Å². The van der Waals surface area contributed by atoms with E-state index in [0.717, 1.165) is 47.2 Å². The van der Waals surface area contributed by atoms with Gasteiger partial charge in [-0.1, -0.05) is 49.0 Å². The summed E-state index contributed by atoms with van der Waals surface area (Å²) in [6, 6.07) is 10.6. The maximum Gasteiger partial charge on any atom is 0.260 e. The van der Waals surface area contributed by atoms with Crippen molar-refractivity contribution < 1.29 is 4.90 Å². The third-order valence-corrected chi connectivity index (χ3v) is 6.32. The molecule has 0 amide bonds. The molecular formula is C18H20N3OS2+. The van der Waals surface area contributed by atoms with E-state index < -0.39 is 0 Å². The van der Waals surface area contributed by atoms with Gasteiger partial charge < -0.3 is 9.88 Å². The molecule has 124 valence electrons. The molecule has 4 nitrogen and oxygen atoms in total. The van der Waals surface area contributed by atoms with E-state index in [-0.39, 0.29) is 5.56 Å². The topological polar surface area (TPSA) is 50.2 Å². The lowest BCUT2D eigenvalue weighted by atomic mass is 10.0. The Morgan fingerprint density at radius 3 is 2.96 bits per heavy atom. The van der Waals surface area contributed by atoms with Crippen LogP contribution >= 0.6 is 23.1 Å². The van der Waals surface area contributed by atoms with Crippen molar-refractivity contribution >= 4 is 33.3 Å². The summed E-state index contributed by atoms with van der Waals surface area (Å²) in [4.78, 5) is 23.9. The van der Waals surface area contributed by atoms with Gasteiger partial charge in [0, 0.05) is 12.0 Å². The minimum absolute atomic E-state index is 0.0277. The summed E-state index contributed by atoms with van der Waals surface area (Å²) in [7, 11) is 0. The summed E-state index contributed by atoms with van der Waals surface area (Å²) in [5.74, 6) is 0.911. The quantitative estimate of drug-likeness (QED) is 0.555. The lowest BCUT2D eigenvalue weighted by Crippen LogP contribution is -3.10. The van der Waals surface area contributed by atoms with Gasteiger partial charge in [0.05, 0.1) is 16.8 Å². The summed E-state index contributed by atoms with van der Waals surface area (Å²) in [5.41, 5.74) is 2.63. The van der Waals surface area contributed by atoms with E-state index in [1.54, 1.807) is 28.0 Å². The lowest BCUT2D eigenvalue weighted by Gasteiger charge is -2.23. The van der Waals surface area contributed by atoms with E-state index in [2.05, 4.69) is 47.2 Å². The highest BCUT2D eigenvalue weighted by molar-refractivity contribution is 7.99. The molecule has 3 heterocycles. The van der Waals surface area contributed by atoms with E-state index >= 15 is 0 Å². The molecule has 1 atom stereocenters.